The fourth-order valence-electron chi connectivity index (χ4n) is 3.33. The normalized spacial score (nSPS) is 14.2. The molecule has 12 heteroatoms. The zero-order valence-corrected chi connectivity index (χ0v) is 22.0. The summed E-state index contributed by atoms with van der Waals surface area (Å²) in [5.41, 5.74) is 1.62. The van der Waals surface area contributed by atoms with E-state index in [-0.39, 0.29) is 17.2 Å². The first kappa shape index (κ1) is 26.4. The van der Waals surface area contributed by atoms with Crippen LogP contribution in [0.4, 0.5) is 16.2 Å². The lowest BCUT2D eigenvalue weighted by Crippen LogP contribution is -2.36. The quantitative estimate of drug-likeness (QED) is 0.183. The molecule has 0 aliphatic carbocycles. The van der Waals surface area contributed by atoms with Crippen LogP contribution in [0.1, 0.15) is 11.1 Å². The molecule has 0 saturated carbocycles. The number of hydrogen-bond donors (Lipinski definition) is 1. The van der Waals surface area contributed by atoms with Crippen molar-refractivity contribution < 1.29 is 24.0 Å². The average Bonchev–Trinajstić information content (AvgIpc) is 3.12. The van der Waals surface area contributed by atoms with Gasteiger partial charge in [-0.15, -0.1) is 0 Å². The van der Waals surface area contributed by atoms with Gasteiger partial charge in [0.25, 0.3) is 16.8 Å². The van der Waals surface area contributed by atoms with Crippen LogP contribution in [-0.4, -0.2) is 33.4 Å². The molecule has 3 amide bonds. The summed E-state index contributed by atoms with van der Waals surface area (Å²) in [6.45, 7) is -0.323. The number of nitro benzene ring substituents is 1. The molecule has 0 unspecified atom stereocenters. The minimum Gasteiger partial charge on any atom is -0.488 e. The molecule has 0 radical (unpaired) electrons. The highest BCUT2D eigenvalue weighted by Gasteiger charge is 2.36. The molecule has 3 aromatic carbocycles. The predicted octanol–water partition coefficient (Wildman–Crippen LogP) is 6.26. The van der Waals surface area contributed by atoms with Crippen LogP contribution in [0.3, 0.4) is 0 Å². The Labute approximate surface area is 228 Å². The van der Waals surface area contributed by atoms with Crippen molar-refractivity contribution in [3.05, 3.63) is 102 Å². The van der Waals surface area contributed by atoms with Crippen LogP contribution in [0, 0.1) is 10.1 Å². The first-order valence-electron chi connectivity index (χ1n) is 10.7. The van der Waals surface area contributed by atoms with E-state index in [1.54, 1.807) is 60.7 Å². The second-order valence-corrected chi connectivity index (χ2v) is 9.96. The van der Waals surface area contributed by atoms with E-state index in [4.69, 9.17) is 16.3 Å². The number of carbonyl (C=O) groups is 3. The van der Waals surface area contributed by atoms with Gasteiger partial charge in [0, 0.05) is 12.1 Å². The number of hydrogen-bond acceptors (Lipinski definition) is 7. The largest absolute Gasteiger partial charge is 0.488 e. The van der Waals surface area contributed by atoms with Gasteiger partial charge in [0.2, 0.25) is 5.91 Å². The van der Waals surface area contributed by atoms with Crippen molar-refractivity contribution in [2.24, 2.45) is 0 Å². The smallest absolute Gasteiger partial charge is 0.294 e. The molecule has 9 nitrogen and oxygen atoms in total. The number of rotatable bonds is 8. The fraction of sp³-hybridized carbons (Fsp3) is 0.0800. The number of benzene rings is 3. The summed E-state index contributed by atoms with van der Waals surface area (Å²) in [5.74, 6) is -0.635. The van der Waals surface area contributed by atoms with Crippen LogP contribution in [0.2, 0.25) is 5.02 Å². The van der Waals surface area contributed by atoms with Crippen LogP contribution in [0.15, 0.2) is 76.1 Å². The van der Waals surface area contributed by atoms with Gasteiger partial charge in [-0.1, -0.05) is 41.9 Å². The van der Waals surface area contributed by atoms with Gasteiger partial charge >= 0.3 is 0 Å². The maximum Gasteiger partial charge on any atom is 0.294 e. The van der Waals surface area contributed by atoms with Gasteiger partial charge in [-0.25, -0.2) is 0 Å². The van der Waals surface area contributed by atoms with E-state index in [1.165, 1.54) is 12.1 Å². The summed E-state index contributed by atoms with van der Waals surface area (Å²) in [7, 11) is 0. The lowest BCUT2D eigenvalue weighted by Gasteiger charge is -2.13. The van der Waals surface area contributed by atoms with E-state index in [0.717, 1.165) is 16.7 Å². The number of amides is 3. The number of halogens is 2. The van der Waals surface area contributed by atoms with Gasteiger partial charge in [-0.2, -0.15) is 0 Å². The first-order valence-corrected chi connectivity index (χ1v) is 12.7. The number of thioether (sulfide) groups is 1. The molecule has 3 aromatic rings. The van der Waals surface area contributed by atoms with Crippen molar-refractivity contribution >= 4 is 73.8 Å². The van der Waals surface area contributed by atoms with E-state index in [0.29, 0.717) is 32.1 Å². The molecule has 0 aromatic heterocycles. The highest BCUT2D eigenvalue weighted by molar-refractivity contribution is 9.10. The summed E-state index contributed by atoms with van der Waals surface area (Å²) < 4.78 is 6.35. The number of ether oxygens (including phenoxy) is 1. The predicted molar refractivity (Wildman–Crippen MR) is 144 cm³/mol. The minimum absolute atomic E-state index is 0.0224. The number of imide groups is 1. The topological polar surface area (TPSA) is 119 Å². The molecular weight excluding hydrogens is 586 g/mol. The Bertz CT molecular complexity index is 1450. The molecule has 1 heterocycles. The van der Waals surface area contributed by atoms with Gasteiger partial charge in [0.1, 0.15) is 18.9 Å². The molecule has 37 heavy (non-hydrogen) atoms. The van der Waals surface area contributed by atoms with Gasteiger partial charge in [-0.05, 0) is 69.2 Å². The zero-order valence-electron chi connectivity index (χ0n) is 18.9. The van der Waals surface area contributed by atoms with Crippen LogP contribution in [0.5, 0.6) is 5.75 Å². The Kier molecular flexibility index (Phi) is 8.27. The number of non-ortho nitro benzene ring substituents is 1. The molecular formula is C25H17BrClN3O6S. The molecule has 1 fully saturated rings. The van der Waals surface area contributed by atoms with E-state index in [9.17, 15) is 24.5 Å². The number of para-hydroxylation sites is 1. The molecule has 1 aliphatic heterocycles. The third-order valence-electron chi connectivity index (χ3n) is 5.09. The van der Waals surface area contributed by atoms with Crippen molar-refractivity contribution in [3.63, 3.8) is 0 Å². The molecule has 4 rings (SSSR count). The lowest BCUT2D eigenvalue weighted by atomic mass is 10.2. The Balaban J connectivity index is 1.40. The number of nitro groups is 1. The van der Waals surface area contributed by atoms with E-state index in [2.05, 4.69) is 21.2 Å². The average molecular weight is 603 g/mol. The standard InChI is InChI=1S/C25H17BrClN3O6S/c26-18-11-15(8-9-21(18)36-14-16-4-3-5-17(10-16)30(34)35)12-22-24(32)29(25(33)37-22)13-23(31)28-20-7-2-1-6-19(20)27/h1-12H,13-14H2,(H,28,31)/b22-12+. The van der Waals surface area contributed by atoms with Crippen LogP contribution in [-0.2, 0) is 16.2 Å². The SMILES string of the molecule is O=C(CN1C(=O)S/C(=C/c2ccc(OCc3cccc([N+](=O)[O-])c3)c(Br)c2)C1=O)Nc1ccccc1Cl. The lowest BCUT2D eigenvalue weighted by molar-refractivity contribution is -0.384. The highest BCUT2D eigenvalue weighted by atomic mass is 79.9. The maximum atomic E-state index is 12.8. The van der Waals surface area contributed by atoms with Gasteiger partial charge in [-0.3, -0.25) is 29.4 Å². The molecule has 1 N–H and O–H groups in total. The van der Waals surface area contributed by atoms with Crippen molar-refractivity contribution in [2.45, 2.75) is 6.61 Å². The molecule has 0 atom stereocenters. The zero-order chi connectivity index (χ0) is 26.5. The third-order valence-corrected chi connectivity index (χ3v) is 6.95. The van der Waals surface area contributed by atoms with Gasteiger partial charge in [0.05, 0.1) is 25.0 Å². The summed E-state index contributed by atoms with van der Waals surface area (Å²) in [4.78, 5) is 49.1. The molecule has 188 valence electrons. The Morgan fingerprint density at radius 2 is 1.92 bits per heavy atom. The summed E-state index contributed by atoms with van der Waals surface area (Å²) >= 11 is 10.2. The summed E-state index contributed by atoms with van der Waals surface area (Å²) in [5, 5.41) is 13.3. The summed E-state index contributed by atoms with van der Waals surface area (Å²) in [6.07, 6.45) is 1.55. The Morgan fingerprint density at radius 3 is 2.65 bits per heavy atom. The second-order valence-electron chi connectivity index (χ2n) is 7.70. The third kappa shape index (κ3) is 6.56. The molecule has 1 aliphatic rings. The van der Waals surface area contributed by atoms with Crippen LogP contribution in [0.25, 0.3) is 6.08 Å². The monoisotopic (exact) mass is 601 g/mol. The number of anilines is 1. The Hall–Kier alpha value is -3.67. The van der Waals surface area contributed by atoms with E-state index < -0.39 is 28.5 Å². The number of carbonyl (C=O) groups excluding carboxylic acids is 3. The molecule has 0 bridgehead atoms. The van der Waals surface area contributed by atoms with Gasteiger partial charge < -0.3 is 10.1 Å². The molecule has 1 saturated heterocycles. The van der Waals surface area contributed by atoms with Crippen LogP contribution < -0.4 is 10.1 Å². The van der Waals surface area contributed by atoms with Crippen molar-refractivity contribution in [1.82, 2.24) is 4.90 Å². The first-order chi connectivity index (χ1) is 17.7. The van der Waals surface area contributed by atoms with E-state index >= 15 is 0 Å². The number of nitrogens with one attached hydrogen (secondary N) is 1. The Morgan fingerprint density at radius 1 is 1.14 bits per heavy atom. The second kappa shape index (κ2) is 11.6. The fourth-order valence-corrected chi connectivity index (χ4v) is 4.86. The van der Waals surface area contributed by atoms with Crippen molar-refractivity contribution in [1.29, 1.82) is 0 Å². The van der Waals surface area contributed by atoms with Crippen molar-refractivity contribution in [2.75, 3.05) is 11.9 Å². The van der Waals surface area contributed by atoms with Gasteiger partial charge in [0.15, 0.2) is 0 Å². The van der Waals surface area contributed by atoms with E-state index in [1.807, 2.05) is 0 Å². The highest BCUT2D eigenvalue weighted by Crippen LogP contribution is 2.34. The van der Waals surface area contributed by atoms with Crippen LogP contribution >= 0.6 is 39.3 Å². The summed E-state index contributed by atoms with van der Waals surface area (Å²) in [6, 6.07) is 17.9. The number of nitrogens with zero attached hydrogens (tertiary/aromatic N) is 2. The minimum atomic E-state index is -0.577. The molecule has 0 spiro atoms. The van der Waals surface area contributed by atoms with Crippen molar-refractivity contribution in [3.8, 4) is 5.75 Å². The maximum absolute atomic E-state index is 12.8.